The quantitative estimate of drug-likeness (QED) is 0.869. The van der Waals surface area contributed by atoms with E-state index in [-0.39, 0.29) is 11.9 Å². The predicted molar refractivity (Wildman–Crippen MR) is 81.1 cm³/mol. The fourth-order valence-electron chi connectivity index (χ4n) is 2.54. The Labute approximate surface area is 126 Å². The summed E-state index contributed by atoms with van der Waals surface area (Å²) in [6.07, 6.45) is -0.226. The summed E-state index contributed by atoms with van der Waals surface area (Å²) in [4.78, 5) is 11.9. The van der Waals surface area contributed by atoms with Crippen LogP contribution in [0.25, 0.3) is 11.1 Å². The lowest BCUT2D eigenvalue weighted by molar-refractivity contribution is 0.189. The van der Waals surface area contributed by atoms with Crippen molar-refractivity contribution in [3.05, 3.63) is 53.8 Å². The molecule has 0 saturated heterocycles. The van der Waals surface area contributed by atoms with Gasteiger partial charge in [0, 0.05) is 10.6 Å². The number of rotatable bonds is 2. The Hall–Kier alpha value is -2.01. The molecule has 0 aliphatic carbocycles. The molecule has 2 aromatic carbocycles. The maximum Gasteiger partial charge on any atom is 0.405 e. The topological polar surface area (TPSA) is 49.3 Å². The molecule has 2 aromatic rings. The number of nitrogens with one attached hydrogen (secondary N) is 1. The summed E-state index contributed by atoms with van der Waals surface area (Å²) in [5.41, 5.74) is 2.76. The van der Waals surface area contributed by atoms with E-state index in [1.165, 1.54) is 12.1 Å². The molecule has 3 nitrogen and oxygen atoms in total. The molecule has 108 valence electrons. The van der Waals surface area contributed by atoms with E-state index in [1.54, 1.807) is 17.8 Å². The second-order valence-corrected chi connectivity index (χ2v) is 6.04. The minimum atomic E-state index is -1.01. The van der Waals surface area contributed by atoms with E-state index < -0.39 is 6.09 Å². The Bertz CT molecular complexity index is 690. The number of halogens is 1. The van der Waals surface area contributed by atoms with Crippen LogP contribution in [0.3, 0.4) is 0 Å². The third-order valence-electron chi connectivity index (χ3n) is 3.51. The van der Waals surface area contributed by atoms with Crippen LogP contribution in [0.2, 0.25) is 0 Å². The van der Waals surface area contributed by atoms with Crippen LogP contribution in [0.15, 0.2) is 47.4 Å². The molecule has 0 fully saturated rings. The van der Waals surface area contributed by atoms with Crippen molar-refractivity contribution in [2.24, 2.45) is 0 Å². The normalized spacial score (nSPS) is 17.1. The zero-order valence-electron chi connectivity index (χ0n) is 11.2. The molecule has 0 spiro atoms. The van der Waals surface area contributed by atoms with Gasteiger partial charge in [-0.25, -0.2) is 9.18 Å². The molecule has 1 unspecified atom stereocenters. The van der Waals surface area contributed by atoms with Crippen molar-refractivity contribution in [3.8, 4) is 11.1 Å². The van der Waals surface area contributed by atoms with Gasteiger partial charge in [-0.05, 0) is 41.3 Å². The van der Waals surface area contributed by atoms with Gasteiger partial charge in [-0.2, -0.15) is 0 Å². The maximum absolute atomic E-state index is 13.3. The third-order valence-corrected chi connectivity index (χ3v) is 4.61. The van der Waals surface area contributed by atoms with Gasteiger partial charge in [0.25, 0.3) is 0 Å². The number of benzene rings is 2. The Kier molecular flexibility index (Phi) is 3.84. The SMILES string of the molecule is O=C(O)NC1CCSc2cc(-c3cccc(F)c3)ccc21. The molecule has 5 heteroatoms. The van der Waals surface area contributed by atoms with Gasteiger partial charge in [0.15, 0.2) is 0 Å². The Morgan fingerprint density at radius 3 is 2.81 bits per heavy atom. The highest BCUT2D eigenvalue weighted by molar-refractivity contribution is 7.99. The van der Waals surface area contributed by atoms with Crippen molar-refractivity contribution >= 4 is 17.9 Å². The summed E-state index contributed by atoms with van der Waals surface area (Å²) >= 11 is 1.71. The van der Waals surface area contributed by atoms with Crippen LogP contribution in [-0.4, -0.2) is 17.0 Å². The predicted octanol–water partition coefficient (Wildman–Crippen LogP) is 4.30. The van der Waals surface area contributed by atoms with E-state index in [2.05, 4.69) is 5.32 Å². The molecule has 2 N–H and O–H groups in total. The van der Waals surface area contributed by atoms with Gasteiger partial charge in [-0.3, -0.25) is 0 Å². The van der Waals surface area contributed by atoms with Gasteiger partial charge in [0.1, 0.15) is 5.82 Å². The molecule has 0 radical (unpaired) electrons. The number of hydrogen-bond donors (Lipinski definition) is 2. The van der Waals surface area contributed by atoms with E-state index in [1.807, 2.05) is 24.3 Å². The zero-order chi connectivity index (χ0) is 14.8. The van der Waals surface area contributed by atoms with E-state index in [0.717, 1.165) is 33.8 Å². The van der Waals surface area contributed by atoms with E-state index in [9.17, 15) is 9.18 Å². The van der Waals surface area contributed by atoms with Crippen LogP contribution in [0.5, 0.6) is 0 Å². The minimum absolute atomic E-state index is 0.166. The highest BCUT2D eigenvalue weighted by atomic mass is 32.2. The van der Waals surface area contributed by atoms with Crippen LogP contribution in [0, 0.1) is 5.82 Å². The van der Waals surface area contributed by atoms with Crippen LogP contribution in [0.1, 0.15) is 18.0 Å². The maximum atomic E-state index is 13.3. The lowest BCUT2D eigenvalue weighted by atomic mass is 9.99. The van der Waals surface area contributed by atoms with E-state index >= 15 is 0 Å². The molecule has 1 aliphatic rings. The molecular weight excluding hydrogens is 289 g/mol. The van der Waals surface area contributed by atoms with E-state index in [4.69, 9.17) is 5.11 Å². The highest BCUT2D eigenvalue weighted by Gasteiger charge is 2.22. The molecule has 1 aliphatic heterocycles. The minimum Gasteiger partial charge on any atom is -0.465 e. The van der Waals surface area contributed by atoms with Crippen molar-refractivity contribution < 1.29 is 14.3 Å². The first-order valence-corrected chi connectivity index (χ1v) is 7.64. The lowest BCUT2D eigenvalue weighted by Crippen LogP contribution is -2.29. The molecule has 0 aromatic heterocycles. The monoisotopic (exact) mass is 303 g/mol. The molecule has 1 heterocycles. The summed E-state index contributed by atoms with van der Waals surface area (Å²) in [6, 6.07) is 12.2. The van der Waals surface area contributed by atoms with Gasteiger partial charge in [0.05, 0.1) is 6.04 Å². The summed E-state index contributed by atoms with van der Waals surface area (Å²) < 4.78 is 13.3. The molecule has 0 saturated carbocycles. The van der Waals surface area contributed by atoms with Gasteiger partial charge in [0.2, 0.25) is 0 Å². The fourth-order valence-corrected chi connectivity index (χ4v) is 3.70. The largest absolute Gasteiger partial charge is 0.465 e. The van der Waals surface area contributed by atoms with Crippen molar-refractivity contribution in [2.75, 3.05) is 5.75 Å². The van der Waals surface area contributed by atoms with Crippen LogP contribution in [0.4, 0.5) is 9.18 Å². The molecular formula is C16H14FNO2S. The summed E-state index contributed by atoms with van der Waals surface area (Å²) in [5.74, 6) is 0.605. The van der Waals surface area contributed by atoms with Crippen LogP contribution < -0.4 is 5.32 Å². The number of thioether (sulfide) groups is 1. The number of fused-ring (bicyclic) bond motifs is 1. The standard InChI is InChI=1S/C16H14FNO2S/c17-12-3-1-2-10(8-12)11-4-5-13-14(18-16(19)20)6-7-21-15(13)9-11/h1-5,8-9,14,18H,6-7H2,(H,19,20). The van der Waals surface area contributed by atoms with Crippen molar-refractivity contribution in [3.63, 3.8) is 0 Å². The van der Waals surface area contributed by atoms with Crippen LogP contribution >= 0.6 is 11.8 Å². The van der Waals surface area contributed by atoms with Crippen molar-refractivity contribution in [1.29, 1.82) is 0 Å². The number of amides is 1. The van der Waals surface area contributed by atoms with Gasteiger partial charge >= 0.3 is 6.09 Å². The van der Waals surface area contributed by atoms with Crippen LogP contribution in [-0.2, 0) is 0 Å². The Morgan fingerprint density at radius 2 is 2.05 bits per heavy atom. The first-order chi connectivity index (χ1) is 10.1. The molecule has 21 heavy (non-hydrogen) atoms. The summed E-state index contributed by atoms with van der Waals surface area (Å²) in [5, 5.41) is 11.4. The zero-order valence-corrected chi connectivity index (χ0v) is 12.0. The fraction of sp³-hybridized carbons (Fsp3) is 0.188. The third kappa shape index (κ3) is 3.03. The molecule has 1 atom stereocenters. The number of carbonyl (C=O) groups is 1. The first-order valence-electron chi connectivity index (χ1n) is 6.65. The summed E-state index contributed by atoms with van der Waals surface area (Å²) in [6.45, 7) is 0. The number of hydrogen-bond acceptors (Lipinski definition) is 2. The van der Waals surface area contributed by atoms with Crippen molar-refractivity contribution in [2.45, 2.75) is 17.4 Å². The van der Waals surface area contributed by atoms with Gasteiger partial charge in [-0.1, -0.05) is 24.3 Å². The van der Waals surface area contributed by atoms with E-state index in [0.29, 0.717) is 0 Å². The van der Waals surface area contributed by atoms with Gasteiger partial charge < -0.3 is 10.4 Å². The average molecular weight is 303 g/mol. The second kappa shape index (κ2) is 5.77. The van der Waals surface area contributed by atoms with Gasteiger partial charge in [-0.15, -0.1) is 11.8 Å². The summed E-state index contributed by atoms with van der Waals surface area (Å²) in [7, 11) is 0. The first kappa shape index (κ1) is 13.9. The second-order valence-electron chi connectivity index (χ2n) is 4.90. The highest BCUT2D eigenvalue weighted by Crippen LogP contribution is 2.38. The molecule has 1 amide bonds. The number of carboxylic acid groups (broad SMARTS) is 1. The Balaban J connectivity index is 1.96. The molecule has 3 rings (SSSR count). The average Bonchev–Trinajstić information content (AvgIpc) is 2.46. The molecule has 0 bridgehead atoms. The Morgan fingerprint density at radius 1 is 1.24 bits per heavy atom. The smallest absolute Gasteiger partial charge is 0.405 e. The van der Waals surface area contributed by atoms with Crippen molar-refractivity contribution in [1.82, 2.24) is 5.32 Å². The lowest BCUT2D eigenvalue weighted by Gasteiger charge is -2.25.